The maximum absolute atomic E-state index is 14.5. The minimum Gasteiger partial charge on any atom is -0.444 e. The van der Waals surface area contributed by atoms with Gasteiger partial charge in [-0.2, -0.15) is 0 Å². The van der Waals surface area contributed by atoms with Crippen LogP contribution in [0.4, 0.5) is 20.6 Å². The highest BCUT2D eigenvalue weighted by molar-refractivity contribution is 6.14. The number of H-pyrrole nitrogens is 1. The van der Waals surface area contributed by atoms with Gasteiger partial charge >= 0.3 is 6.09 Å². The van der Waals surface area contributed by atoms with Crippen molar-refractivity contribution in [1.29, 1.82) is 0 Å². The van der Waals surface area contributed by atoms with Crippen LogP contribution in [0.15, 0.2) is 36.7 Å². The van der Waals surface area contributed by atoms with Crippen molar-refractivity contribution in [3.63, 3.8) is 0 Å². The van der Waals surface area contributed by atoms with Crippen LogP contribution in [0.3, 0.4) is 0 Å². The summed E-state index contributed by atoms with van der Waals surface area (Å²) in [7, 11) is 0. The van der Waals surface area contributed by atoms with Crippen LogP contribution in [-0.4, -0.2) is 63.0 Å². The molecule has 1 saturated heterocycles. The average Bonchev–Trinajstić information content (AvgIpc) is 3.39. The third-order valence-electron chi connectivity index (χ3n) is 6.31. The largest absolute Gasteiger partial charge is 0.444 e. The van der Waals surface area contributed by atoms with Crippen LogP contribution in [0.5, 0.6) is 0 Å². The van der Waals surface area contributed by atoms with Crippen molar-refractivity contribution < 1.29 is 18.7 Å². The maximum atomic E-state index is 14.5. The number of carbonyl (C=O) groups is 2. The van der Waals surface area contributed by atoms with Crippen molar-refractivity contribution in [2.45, 2.75) is 40.2 Å². The molecule has 0 unspecified atom stereocenters. The van der Waals surface area contributed by atoms with Crippen molar-refractivity contribution in [2.24, 2.45) is 0 Å². The van der Waals surface area contributed by atoms with E-state index in [9.17, 15) is 14.0 Å². The Morgan fingerprint density at radius 3 is 2.51 bits per heavy atom. The van der Waals surface area contributed by atoms with Gasteiger partial charge in [-0.15, -0.1) is 0 Å². The molecule has 3 aromatic heterocycles. The number of pyridine rings is 1. The molecule has 0 radical (unpaired) electrons. The fourth-order valence-corrected chi connectivity index (χ4v) is 4.71. The molecular weight excluding hydrogens is 475 g/mol. The van der Waals surface area contributed by atoms with Crippen molar-refractivity contribution in [3.8, 4) is 0 Å². The Kier molecular flexibility index (Phi) is 6.05. The topological polar surface area (TPSA) is 95.0 Å². The summed E-state index contributed by atoms with van der Waals surface area (Å²) in [6.07, 6.45) is 3.05. The van der Waals surface area contributed by atoms with E-state index in [0.717, 1.165) is 16.8 Å². The Morgan fingerprint density at radius 1 is 1.08 bits per heavy atom. The van der Waals surface area contributed by atoms with Gasteiger partial charge in [0.05, 0.1) is 22.5 Å². The summed E-state index contributed by atoms with van der Waals surface area (Å²) in [4.78, 5) is 37.1. The smallest absolute Gasteiger partial charge is 0.410 e. The molecule has 5 rings (SSSR count). The van der Waals surface area contributed by atoms with Gasteiger partial charge in [0.25, 0.3) is 5.91 Å². The van der Waals surface area contributed by atoms with Crippen LogP contribution in [0.25, 0.3) is 16.6 Å². The quantitative estimate of drug-likeness (QED) is 0.413. The van der Waals surface area contributed by atoms with Crippen LogP contribution in [-0.2, 0) is 4.74 Å². The van der Waals surface area contributed by atoms with Gasteiger partial charge in [0.1, 0.15) is 5.60 Å². The molecule has 194 valence electrons. The summed E-state index contributed by atoms with van der Waals surface area (Å²) in [6, 6.07) is 6.99. The van der Waals surface area contributed by atoms with Crippen molar-refractivity contribution in [1.82, 2.24) is 19.3 Å². The van der Waals surface area contributed by atoms with Crippen LogP contribution >= 0.6 is 0 Å². The van der Waals surface area contributed by atoms with Crippen molar-refractivity contribution in [3.05, 3.63) is 59.4 Å². The first-order chi connectivity index (χ1) is 17.5. The van der Waals surface area contributed by atoms with Crippen LogP contribution in [0.2, 0.25) is 0 Å². The van der Waals surface area contributed by atoms with Crippen LogP contribution in [0.1, 0.15) is 42.5 Å². The highest BCUT2D eigenvalue weighted by Crippen LogP contribution is 2.32. The first kappa shape index (κ1) is 24.6. The summed E-state index contributed by atoms with van der Waals surface area (Å²) in [5.41, 5.74) is 3.79. The molecule has 0 saturated carbocycles. The molecule has 0 spiro atoms. The fraction of sp³-hybridized carbons (Fsp3) is 0.370. The Balaban J connectivity index is 1.37. The number of piperazine rings is 1. The van der Waals surface area contributed by atoms with E-state index in [-0.39, 0.29) is 17.6 Å². The van der Waals surface area contributed by atoms with Crippen molar-refractivity contribution >= 4 is 39.9 Å². The first-order valence-corrected chi connectivity index (χ1v) is 12.3. The summed E-state index contributed by atoms with van der Waals surface area (Å²) >= 11 is 0. The molecule has 0 atom stereocenters. The molecule has 0 aliphatic carbocycles. The maximum Gasteiger partial charge on any atom is 0.410 e. The number of aromatic nitrogens is 3. The number of fused-ring (bicyclic) bond motifs is 2. The van der Waals surface area contributed by atoms with E-state index in [2.05, 4.69) is 20.2 Å². The number of amides is 2. The summed E-state index contributed by atoms with van der Waals surface area (Å²) in [5.74, 6) is -0.851. The van der Waals surface area contributed by atoms with E-state index in [4.69, 9.17) is 4.74 Å². The lowest BCUT2D eigenvalue weighted by Gasteiger charge is -2.37. The highest BCUT2D eigenvalue weighted by atomic mass is 19.1. The van der Waals surface area contributed by atoms with Crippen LogP contribution in [0, 0.1) is 19.7 Å². The molecule has 2 amide bonds. The number of aromatic amines is 1. The standard InChI is InChI=1S/C27H31FN6O3/c1-16-12-20-22(32-8-10-33(11-9-32)26(36)37-27(3,4)5)7-6-19(23(20)29-16)25(35)31-18-13-21(28)24-30-17(2)14-34(24)15-18/h6-7,12-15,29H,8-11H2,1-5H3,(H,31,35). The second kappa shape index (κ2) is 9.10. The minimum absolute atomic E-state index is 0.217. The average molecular weight is 507 g/mol. The normalized spacial score (nSPS) is 14.4. The predicted octanol–water partition coefficient (Wildman–Crippen LogP) is 4.88. The molecule has 2 N–H and O–H groups in total. The second-order valence-corrected chi connectivity index (χ2v) is 10.5. The number of aryl methyl sites for hydroxylation is 2. The lowest BCUT2D eigenvalue weighted by atomic mass is 10.1. The zero-order chi connectivity index (χ0) is 26.5. The number of nitrogens with one attached hydrogen (secondary N) is 2. The Hall–Kier alpha value is -4.08. The van der Waals surface area contributed by atoms with Gasteiger partial charge in [0.2, 0.25) is 0 Å². The zero-order valence-electron chi connectivity index (χ0n) is 21.7. The fourth-order valence-electron chi connectivity index (χ4n) is 4.71. The SMILES string of the molecule is Cc1cn2cc(NC(=O)c3ccc(N4CCN(C(=O)OC(C)(C)C)CC4)c4cc(C)[nH]c34)cc(F)c2n1. The predicted molar refractivity (Wildman–Crippen MR) is 141 cm³/mol. The summed E-state index contributed by atoms with van der Waals surface area (Å²) < 4.78 is 21.6. The number of imidazole rings is 1. The van der Waals surface area contributed by atoms with Gasteiger partial charge in [-0.25, -0.2) is 14.2 Å². The lowest BCUT2D eigenvalue weighted by Crippen LogP contribution is -2.50. The molecule has 1 aliphatic rings. The van der Waals surface area contributed by atoms with E-state index < -0.39 is 11.4 Å². The Bertz CT molecular complexity index is 1510. The number of nitrogens with zero attached hydrogens (tertiary/aromatic N) is 4. The third kappa shape index (κ3) is 4.96. The van der Waals surface area contributed by atoms with Gasteiger partial charge < -0.3 is 29.2 Å². The van der Waals surface area contributed by atoms with Gasteiger partial charge in [0.15, 0.2) is 11.5 Å². The zero-order valence-corrected chi connectivity index (χ0v) is 21.7. The number of carbonyl (C=O) groups excluding carboxylic acids is 2. The van der Waals surface area contributed by atoms with E-state index in [1.807, 2.05) is 39.8 Å². The number of rotatable bonds is 3. The van der Waals surface area contributed by atoms with Gasteiger partial charge in [-0.3, -0.25) is 4.79 Å². The lowest BCUT2D eigenvalue weighted by molar-refractivity contribution is 0.0240. The summed E-state index contributed by atoms with van der Waals surface area (Å²) in [5, 5.41) is 3.74. The molecule has 1 aliphatic heterocycles. The van der Waals surface area contributed by atoms with Gasteiger partial charge in [0, 0.05) is 61.4 Å². The molecule has 37 heavy (non-hydrogen) atoms. The number of halogens is 1. The van der Waals surface area contributed by atoms with E-state index >= 15 is 0 Å². The third-order valence-corrected chi connectivity index (χ3v) is 6.31. The molecule has 9 nitrogen and oxygen atoms in total. The number of hydrogen-bond donors (Lipinski definition) is 2. The molecule has 1 aromatic carbocycles. The molecular formula is C27H31FN6O3. The van der Waals surface area contributed by atoms with E-state index in [0.29, 0.717) is 48.6 Å². The molecule has 1 fully saturated rings. The first-order valence-electron chi connectivity index (χ1n) is 12.3. The Morgan fingerprint density at radius 2 is 1.81 bits per heavy atom. The molecule has 4 aromatic rings. The molecule has 0 bridgehead atoms. The van der Waals surface area contributed by atoms with E-state index in [1.54, 1.807) is 34.7 Å². The molecule has 10 heteroatoms. The van der Waals surface area contributed by atoms with Crippen molar-refractivity contribution in [2.75, 3.05) is 36.4 Å². The summed E-state index contributed by atoms with van der Waals surface area (Å²) in [6.45, 7) is 11.7. The number of benzene rings is 1. The van der Waals surface area contributed by atoms with Gasteiger partial charge in [-0.1, -0.05) is 0 Å². The number of hydrogen-bond acceptors (Lipinski definition) is 5. The van der Waals surface area contributed by atoms with E-state index in [1.165, 1.54) is 6.07 Å². The number of anilines is 2. The second-order valence-electron chi connectivity index (χ2n) is 10.5. The van der Waals surface area contributed by atoms with Gasteiger partial charge in [-0.05, 0) is 52.8 Å². The highest BCUT2D eigenvalue weighted by Gasteiger charge is 2.27. The van der Waals surface area contributed by atoms with Crippen LogP contribution < -0.4 is 10.2 Å². The Labute approximate surface area is 214 Å². The number of ether oxygens (including phenoxy) is 1. The minimum atomic E-state index is -0.533. The monoisotopic (exact) mass is 506 g/mol. The molecule has 4 heterocycles.